The lowest BCUT2D eigenvalue weighted by Gasteiger charge is -2.43. The van der Waals surface area contributed by atoms with E-state index in [1.165, 1.54) is 16.8 Å². The number of anilines is 2. The van der Waals surface area contributed by atoms with E-state index in [1.807, 2.05) is 48.8 Å². The highest BCUT2D eigenvalue weighted by Crippen LogP contribution is 2.32. The predicted molar refractivity (Wildman–Crippen MR) is 139 cm³/mol. The van der Waals surface area contributed by atoms with Crippen LogP contribution < -0.4 is 14.5 Å². The summed E-state index contributed by atoms with van der Waals surface area (Å²) in [6.07, 6.45) is 4.68. The maximum absolute atomic E-state index is 13.1. The molecule has 1 amide bonds. The zero-order valence-electron chi connectivity index (χ0n) is 21.6. The first-order valence-corrected chi connectivity index (χ1v) is 12.8. The number of fused-ring (bicyclic) bond motifs is 1. The minimum atomic E-state index is 0.123. The summed E-state index contributed by atoms with van der Waals surface area (Å²) in [5, 5.41) is 4.47. The Balaban J connectivity index is 1.28. The molecule has 3 aromatic rings. The van der Waals surface area contributed by atoms with Gasteiger partial charge in [0.1, 0.15) is 6.54 Å². The van der Waals surface area contributed by atoms with E-state index >= 15 is 0 Å². The third-order valence-corrected chi connectivity index (χ3v) is 7.18. The highest BCUT2D eigenvalue weighted by atomic mass is 16.5. The normalized spacial score (nSPS) is 17.8. The van der Waals surface area contributed by atoms with Crippen molar-refractivity contribution in [2.45, 2.75) is 53.2 Å². The van der Waals surface area contributed by atoms with Gasteiger partial charge < -0.3 is 19.4 Å². The van der Waals surface area contributed by atoms with Gasteiger partial charge >= 0.3 is 6.01 Å². The third-order valence-electron chi connectivity index (χ3n) is 7.18. The van der Waals surface area contributed by atoms with Gasteiger partial charge in [0, 0.05) is 50.1 Å². The molecule has 0 aliphatic carbocycles. The van der Waals surface area contributed by atoms with Crippen LogP contribution in [0.4, 0.5) is 11.4 Å². The number of aryl methyl sites for hydroxylation is 2. The van der Waals surface area contributed by atoms with Crippen LogP contribution >= 0.6 is 0 Å². The lowest BCUT2D eigenvalue weighted by Crippen LogP contribution is -2.55. The molecule has 2 aromatic heterocycles. The van der Waals surface area contributed by atoms with Crippen LogP contribution in [0.3, 0.4) is 0 Å². The lowest BCUT2D eigenvalue weighted by atomic mass is 9.96. The van der Waals surface area contributed by atoms with E-state index in [0.717, 1.165) is 49.7 Å². The highest BCUT2D eigenvalue weighted by molar-refractivity contribution is 5.77. The highest BCUT2D eigenvalue weighted by Gasteiger charge is 2.30. The monoisotopic (exact) mass is 489 g/mol. The number of nitrogens with zero attached hydrogens (tertiary/aromatic N) is 7. The Kier molecular flexibility index (Phi) is 6.80. The number of hydrogen-bond donors (Lipinski definition) is 0. The van der Waals surface area contributed by atoms with Crippen molar-refractivity contribution < 1.29 is 9.53 Å². The average molecular weight is 490 g/mol. The SMILES string of the molecule is CCOc1ncc(N2CCc3cccc(N4CCN(C(=O)Cn5nc(C)cc5C)C(C)C4)c3C2)cn1. The smallest absolute Gasteiger partial charge is 0.316 e. The summed E-state index contributed by atoms with van der Waals surface area (Å²) in [6, 6.07) is 9.17. The Morgan fingerprint density at radius 1 is 1.11 bits per heavy atom. The van der Waals surface area contributed by atoms with Gasteiger partial charge in [0.25, 0.3) is 0 Å². The van der Waals surface area contributed by atoms with Crippen molar-refractivity contribution in [3.8, 4) is 6.01 Å². The zero-order valence-corrected chi connectivity index (χ0v) is 21.6. The van der Waals surface area contributed by atoms with Crippen molar-refractivity contribution >= 4 is 17.3 Å². The number of hydrogen-bond acceptors (Lipinski definition) is 7. The minimum absolute atomic E-state index is 0.123. The number of rotatable bonds is 6. The summed E-state index contributed by atoms with van der Waals surface area (Å²) in [4.78, 5) is 28.6. The molecular formula is C27H35N7O2. The molecule has 0 saturated carbocycles. The van der Waals surface area contributed by atoms with Gasteiger partial charge in [-0.3, -0.25) is 9.48 Å². The van der Waals surface area contributed by atoms with Gasteiger partial charge in [0.2, 0.25) is 5.91 Å². The first kappa shape index (κ1) is 24.1. The molecule has 1 atom stereocenters. The maximum Gasteiger partial charge on any atom is 0.316 e. The van der Waals surface area contributed by atoms with Crippen molar-refractivity contribution in [3.05, 3.63) is 59.2 Å². The second-order valence-corrected chi connectivity index (χ2v) is 9.71. The van der Waals surface area contributed by atoms with Crippen LogP contribution in [0.5, 0.6) is 6.01 Å². The Bertz CT molecular complexity index is 1220. The largest absolute Gasteiger partial charge is 0.464 e. The van der Waals surface area contributed by atoms with Crippen molar-refractivity contribution in [1.29, 1.82) is 0 Å². The fourth-order valence-electron chi connectivity index (χ4n) is 5.36. The summed E-state index contributed by atoms with van der Waals surface area (Å²) in [5.41, 5.74) is 6.98. The van der Waals surface area contributed by atoms with Gasteiger partial charge in [-0.1, -0.05) is 12.1 Å². The molecule has 1 fully saturated rings. The van der Waals surface area contributed by atoms with Crippen molar-refractivity contribution in [1.82, 2.24) is 24.6 Å². The van der Waals surface area contributed by atoms with Crippen LogP contribution in [0.2, 0.25) is 0 Å². The van der Waals surface area contributed by atoms with Crippen molar-refractivity contribution in [3.63, 3.8) is 0 Å². The Morgan fingerprint density at radius 3 is 2.61 bits per heavy atom. The van der Waals surface area contributed by atoms with Crippen LogP contribution in [0.15, 0.2) is 36.7 Å². The van der Waals surface area contributed by atoms with E-state index in [4.69, 9.17) is 4.74 Å². The molecule has 1 aromatic carbocycles. The molecule has 0 N–H and O–H groups in total. The molecule has 4 heterocycles. The number of ether oxygens (including phenoxy) is 1. The summed E-state index contributed by atoms with van der Waals surface area (Å²) >= 11 is 0. The second-order valence-electron chi connectivity index (χ2n) is 9.71. The van der Waals surface area contributed by atoms with E-state index in [9.17, 15) is 4.79 Å². The third kappa shape index (κ3) is 4.87. The van der Waals surface area contributed by atoms with Crippen LogP contribution in [-0.4, -0.2) is 69.4 Å². The zero-order chi connectivity index (χ0) is 25.2. The van der Waals surface area contributed by atoms with Gasteiger partial charge in [-0.05, 0) is 57.4 Å². The number of amides is 1. The van der Waals surface area contributed by atoms with Crippen LogP contribution in [0.25, 0.3) is 0 Å². The van der Waals surface area contributed by atoms with E-state index in [1.54, 1.807) is 0 Å². The molecule has 1 unspecified atom stereocenters. The van der Waals surface area contributed by atoms with E-state index in [2.05, 4.69) is 50.0 Å². The van der Waals surface area contributed by atoms with Gasteiger partial charge in [0.15, 0.2) is 0 Å². The number of aromatic nitrogens is 4. The summed E-state index contributed by atoms with van der Waals surface area (Å²) in [7, 11) is 0. The molecule has 36 heavy (non-hydrogen) atoms. The Labute approximate surface area is 212 Å². The van der Waals surface area contributed by atoms with Gasteiger partial charge in [-0.25, -0.2) is 9.97 Å². The van der Waals surface area contributed by atoms with Gasteiger partial charge in [-0.15, -0.1) is 0 Å². The van der Waals surface area contributed by atoms with E-state index < -0.39 is 0 Å². The fourth-order valence-corrected chi connectivity index (χ4v) is 5.36. The topological polar surface area (TPSA) is 79.6 Å². The quantitative estimate of drug-likeness (QED) is 0.527. The number of carbonyl (C=O) groups is 1. The molecule has 5 rings (SSSR count). The standard InChI is InChI=1S/C27H35N7O2/c1-5-36-27-28-14-23(15-29-27)31-10-9-22-7-6-8-25(24(22)17-31)32-11-12-33(21(4)16-32)26(35)18-34-20(3)13-19(2)30-34/h6-8,13-15,21H,5,9-12,16-18H2,1-4H3. The molecule has 1 saturated heterocycles. The predicted octanol–water partition coefficient (Wildman–Crippen LogP) is 2.99. The van der Waals surface area contributed by atoms with Crippen molar-refractivity contribution in [2.75, 3.05) is 42.6 Å². The maximum atomic E-state index is 13.1. The molecule has 9 heteroatoms. The average Bonchev–Trinajstić information content (AvgIpc) is 3.20. The molecule has 9 nitrogen and oxygen atoms in total. The van der Waals surface area contributed by atoms with E-state index in [-0.39, 0.29) is 11.9 Å². The van der Waals surface area contributed by atoms with Crippen LogP contribution in [0, 0.1) is 13.8 Å². The molecule has 0 radical (unpaired) electrons. The van der Waals surface area contributed by atoms with Crippen LogP contribution in [0.1, 0.15) is 36.4 Å². The van der Waals surface area contributed by atoms with Crippen LogP contribution in [-0.2, 0) is 24.3 Å². The molecule has 0 spiro atoms. The summed E-state index contributed by atoms with van der Waals surface area (Å²) in [6.45, 7) is 13.0. The summed E-state index contributed by atoms with van der Waals surface area (Å²) < 4.78 is 7.21. The first-order chi connectivity index (χ1) is 17.4. The number of carbonyl (C=O) groups excluding carboxylic acids is 1. The molecule has 2 aliphatic heterocycles. The Hall–Kier alpha value is -3.62. The summed E-state index contributed by atoms with van der Waals surface area (Å²) in [5.74, 6) is 0.130. The Morgan fingerprint density at radius 2 is 1.92 bits per heavy atom. The molecular weight excluding hydrogens is 454 g/mol. The molecule has 190 valence electrons. The fraction of sp³-hybridized carbons (Fsp3) is 0.481. The van der Waals surface area contributed by atoms with E-state index in [0.29, 0.717) is 25.7 Å². The number of benzene rings is 1. The second kappa shape index (κ2) is 10.2. The van der Waals surface area contributed by atoms with Crippen molar-refractivity contribution in [2.24, 2.45) is 0 Å². The first-order valence-electron chi connectivity index (χ1n) is 12.8. The lowest BCUT2D eigenvalue weighted by molar-refractivity contribution is -0.134. The van der Waals surface area contributed by atoms with Gasteiger partial charge in [0.05, 0.1) is 30.4 Å². The molecule has 2 aliphatic rings. The number of piperazine rings is 1. The molecule has 0 bridgehead atoms. The van der Waals surface area contributed by atoms with Gasteiger partial charge in [-0.2, -0.15) is 5.10 Å². The minimum Gasteiger partial charge on any atom is -0.464 e.